The van der Waals surface area contributed by atoms with Crippen LogP contribution in [0.5, 0.6) is 0 Å². The summed E-state index contributed by atoms with van der Waals surface area (Å²) in [7, 11) is 3.06. The molecule has 0 atom stereocenters. The van der Waals surface area contributed by atoms with Crippen LogP contribution < -0.4 is 5.32 Å². The number of rotatable bonds is 4. The predicted octanol–water partition coefficient (Wildman–Crippen LogP) is 3.38. The Morgan fingerprint density at radius 3 is 2.54 bits per heavy atom. The van der Waals surface area contributed by atoms with E-state index in [0.29, 0.717) is 10.7 Å². The van der Waals surface area contributed by atoms with Gasteiger partial charge in [-0.1, -0.05) is 25.4 Å². The summed E-state index contributed by atoms with van der Waals surface area (Å²) in [5.41, 5.74) is 2.10. The average Bonchev–Trinajstić information content (AvgIpc) is 2.96. The van der Waals surface area contributed by atoms with E-state index in [2.05, 4.69) is 10.4 Å². The predicted molar refractivity (Wildman–Crippen MR) is 94.4 cm³/mol. The van der Waals surface area contributed by atoms with Crippen molar-refractivity contribution in [3.63, 3.8) is 0 Å². The maximum Gasteiger partial charge on any atom is 0.339 e. The van der Waals surface area contributed by atoms with Crippen molar-refractivity contribution in [1.29, 1.82) is 0 Å². The van der Waals surface area contributed by atoms with Crippen LogP contribution in [0.25, 0.3) is 0 Å². The Morgan fingerprint density at radius 1 is 1.33 bits per heavy atom. The number of carbonyl (C=O) groups excluding carboxylic acids is 2. The number of methoxy groups -OCH3 is 1. The maximum atomic E-state index is 12.1. The largest absolute Gasteiger partial charge is 0.465 e. The smallest absolute Gasteiger partial charge is 0.339 e. The third-order valence-corrected chi connectivity index (χ3v) is 3.51. The minimum Gasteiger partial charge on any atom is -0.465 e. The number of ether oxygens (including phenoxy) is 1. The van der Waals surface area contributed by atoms with Gasteiger partial charge in [-0.2, -0.15) is 5.10 Å². The first-order valence-corrected chi connectivity index (χ1v) is 7.94. The van der Waals surface area contributed by atoms with Crippen LogP contribution >= 0.6 is 11.6 Å². The quantitative estimate of drug-likeness (QED) is 0.857. The van der Waals surface area contributed by atoms with Gasteiger partial charge in [-0.25, -0.2) is 4.79 Å². The Morgan fingerprint density at radius 2 is 2.00 bits per heavy atom. The van der Waals surface area contributed by atoms with E-state index in [1.807, 2.05) is 13.8 Å². The van der Waals surface area contributed by atoms with Gasteiger partial charge in [-0.05, 0) is 30.2 Å². The second kappa shape index (κ2) is 9.08. The number of carbonyl (C=O) groups is 2. The van der Waals surface area contributed by atoms with Gasteiger partial charge in [0, 0.05) is 18.3 Å². The number of aryl methyl sites for hydroxylation is 2. The molecular formula is C17H22ClN3O3. The minimum absolute atomic E-state index is 0.153. The molecule has 0 bridgehead atoms. The van der Waals surface area contributed by atoms with E-state index in [1.54, 1.807) is 43.2 Å². The fourth-order valence-electron chi connectivity index (χ4n) is 2.01. The highest BCUT2D eigenvalue weighted by molar-refractivity contribution is 6.32. The van der Waals surface area contributed by atoms with E-state index in [9.17, 15) is 9.59 Å². The van der Waals surface area contributed by atoms with Gasteiger partial charge in [-0.15, -0.1) is 0 Å². The number of benzene rings is 1. The summed E-state index contributed by atoms with van der Waals surface area (Å²) < 4.78 is 6.34. The second-order valence-corrected chi connectivity index (χ2v) is 5.29. The lowest BCUT2D eigenvalue weighted by Gasteiger charge is -2.11. The third-order valence-electron chi connectivity index (χ3n) is 3.10. The minimum atomic E-state index is -0.531. The van der Waals surface area contributed by atoms with E-state index in [4.69, 9.17) is 16.3 Å². The first kappa shape index (κ1) is 19.7. The van der Waals surface area contributed by atoms with Gasteiger partial charge in [0.15, 0.2) is 0 Å². The Hall–Kier alpha value is -2.34. The summed E-state index contributed by atoms with van der Waals surface area (Å²) in [6.07, 6.45) is 3.52. The first-order chi connectivity index (χ1) is 11.4. The second-order valence-electron chi connectivity index (χ2n) is 4.89. The number of amides is 1. The molecule has 1 aromatic carbocycles. The summed E-state index contributed by atoms with van der Waals surface area (Å²) in [6, 6.07) is 3.14. The van der Waals surface area contributed by atoms with E-state index in [-0.39, 0.29) is 17.9 Å². The Bertz CT molecular complexity index is 726. The summed E-state index contributed by atoms with van der Waals surface area (Å²) >= 11 is 6.06. The fraction of sp³-hybridized carbons (Fsp3) is 0.353. The number of anilines is 1. The first-order valence-electron chi connectivity index (χ1n) is 7.56. The van der Waals surface area contributed by atoms with Crippen molar-refractivity contribution >= 4 is 29.2 Å². The summed E-state index contributed by atoms with van der Waals surface area (Å²) in [4.78, 5) is 23.9. The molecule has 1 N–H and O–H groups in total. The molecule has 0 fully saturated rings. The van der Waals surface area contributed by atoms with Gasteiger partial charge in [0.2, 0.25) is 5.91 Å². The molecule has 0 saturated heterocycles. The molecule has 1 amide bonds. The molecule has 24 heavy (non-hydrogen) atoms. The molecule has 0 unspecified atom stereocenters. The molecule has 0 aliphatic heterocycles. The lowest BCUT2D eigenvalue weighted by molar-refractivity contribution is -0.115. The number of hydrogen-bond donors (Lipinski definition) is 1. The van der Waals surface area contributed by atoms with Crippen LogP contribution in [-0.2, 0) is 23.0 Å². The molecule has 2 rings (SSSR count). The van der Waals surface area contributed by atoms with Crippen molar-refractivity contribution in [3.8, 4) is 0 Å². The van der Waals surface area contributed by atoms with Crippen molar-refractivity contribution < 1.29 is 14.3 Å². The standard InChI is InChI=1S/C15H16ClN3O3.C2H6/c1-9-4-11(15(21)22-3)13(6-12(9)16)18-14(20)5-10-7-17-19(2)8-10;1-2/h4,6-8H,5H2,1-3H3,(H,18,20);1-2H3. The molecule has 0 saturated carbocycles. The number of nitrogens with zero attached hydrogens (tertiary/aromatic N) is 2. The van der Waals surface area contributed by atoms with Crippen LogP contribution in [0.15, 0.2) is 24.5 Å². The van der Waals surface area contributed by atoms with Gasteiger partial charge in [0.1, 0.15) is 0 Å². The van der Waals surface area contributed by atoms with Gasteiger partial charge < -0.3 is 10.1 Å². The summed E-state index contributed by atoms with van der Waals surface area (Å²) in [6.45, 7) is 5.77. The summed E-state index contributed by atoms with van der Waals surface area (Å²) in [5.74, 6) is -0.797. The SMILES string of the molecule is CC.COC(=O)c1cc(C)c(Cl)cc1NC(=O)Cc1cnn(C)c1. The average molecular weight is 352 g/mol. The Kier molecular flexibility index (Phi) is 7.45. The van der Waals surface area contributed by atoms with Crippen LogP contribution in [0.4, 0.5) is 5.69 Å². The lowest BCUT2D eigenvalue weighted by Crippen LogP contribution is -2.17. The van der Waals surface area contributed by atoms with Crippen molar-refractivity contribution in [2.75, 3.05) is 12.4 Å². The highest BCUT2D eigenvalue weighted by atomic mass is 35.5. The number of halogens is 1. The van der Waals surface area contributed by atoms with E-state index >= 15 is 0 Å². The van der Waals surface area contributed by atoms with Gasteiger partial charge >= 0.3 is 5.97 Å². The molecular weight excluding hydrogens is 330 g/mol. The van der Waals surface area contributed by atoms with E-state index in [0.717, 1.165) is 11.1 Å². The number of aromatic nitrogens is 2. The van der Waals surface area contributed by atoms with Crippen LogP contribution in [0.3, 0.4) is 0 Å². The Labute approximate surface area is 146 Å². The van der Waals surface area contributed by atoms with Crippen molar-refractivity contribution in [1.82, 2.24) is 9.78 Å². The molecule has 0 aliphatic rings. The molecule has 0 aliphatic carbocycles. The molecule has 2 aromatic rings. The third kappa shape index (κ3) is 5.09. The molecule has 1 aromatic heterocycles. The van der Waals surface area contributed by atoms with Crippen molar-refractivity contribution in [2.24, 2.45) is 7.05 Å². The number of esters is 1. The zero-order valence-electron chi connectivity index (χ0n) is 14.5. The highest BCUT2D eigenvalue weighted by Gasteiger charge is 2.16. The molecule has 0 spiro atoms. The van der Waals surface area contributed by atoms with Crippen molar-refractivity contribution in [3.05, 3.63) is 46.2 Å². The van der Waals surface area contributed by atoms with E-state index < -0.39 is 5.97 Å². The highest BCUT2D eigenvalue weighted by Crippen LogP contribution is 2.26. The summed E-state index contributed by atoms with van der Waals surface area (Å²) in [5, 5.41) is 7.16. The normalized spacial score (nSPS) is 9.75. The monoisotopic (exact) mass is 351 g/mol. The van der Waals surface area contributed by atoms with Crippen molar-refractivity contribution in [2.45, 2.75) is 27.2 Å². The van der Waals surface area contributed by atoms with E-state index in [1.165, 1.54) is 7.11 Å². The van der Waals surface area contributed by atoms with Crippen LogP contribution in [-0.4, -0.2) is 28.8 Å². The Balaban J connectivity index is 0.00000139. The molecule has 130 valence electrons. The zero-order valence-corrected chi connectivity index (χ0v) is 15.3. The molecule has 1 heterocycles. The molecule has 0 radical (unpaired) electrons. The van der Waals surface area contributed by atoms with Crippen LogP contribution in [0, 0.1) is 6.92 Å². The van der Waals surface area contributed by atoms with Gasteiger partial charge in [0.05, 0.1) is 31.0 Å². The van der Waals surface area contributed by atoms with Crippen LogP contribution in [0.2, 0.25) is 5.02 Å². The van der Waals surface area contributed by atoms with Crippen LogP contribution in [0.1, 0.15) is 35.3 Å². The maximum absolute atomic E-state index is 12.1. The zero-order chi connectivity index (χ0) is 18.3. The molecule has 7 heteroatoms. The number of hydrogen-bond acceptors (Lipinski definition) is 4. The topological polar surface area (TPSA) is 73.2 Å². The number of nitrogens with one attached hydrogen (secondary N) is 1. The lowest BCUT2D eigenvalue weighted by atomic mass is 10.1. The van der Waals surface area contributed by atoms with Gasteiger partial charge in [-0.3, -0.25) is 9.48 Å². The molecule has 6 nitrogen and oxygen atoms in total. The van der Waals surface area contributed by atoms with Gasteiger partial charge in [0.25, 0.3) is 0 Å². The fourth-order valence-corrected chi connectivity index (χ4v) is 2.17.